The number of rotatable bonds is 7. The first-order valence-electron chi connectivity index (χ1n) is 8.74. The maximum Gasteiger partial charge on any atom is 0.261 e. The largest absolute Gasteiger partial charge is 0.308 e. The van der Waals surface area contributed by atoms with Crippen molar-refractivity contribution in [1.82, 2.24) is 9.88 Å². The highest BCUT2D eigenvalue weighted by Crippen LogP contribution is 2.32. The maximum absolute atomic E-state index is 14.1. The van der Waals surface area contributed by atoms with Crippen molar-refractivity contribution < 1.29 is 9.18 Å². The van der Waals surface area contributed by atoms with E-state index in [-0.39, 0.29) is 11.7 Å². The van der Waals surface area contributed by atoms with Crippen molar-refractivity contribution in [2.75, 3.05) is 37.8 Å². The van der Waals surface area contributed by atoms with Crippen molar-refractivity contribution in [3.8, 4) is 0 Å². The molecule has 27 heavy (non-hydrogen) atoms. The van der Waals surface area contributed by atoms with Crippen molar-refractivity contribution >= 4 is 44.4 Å². The van der Waals surface area contributed by atoms with Crippen LogP contribution in [0.5, 0.6) is 0 Å². The van der Waals surface area contributed by atoms with Gasteiger partial charge in [0.05, 0.1) is 10.3 Å². The van der Waals surface area contributed by atoms with Crippen LogP contribution >= 0.6 is 23.1 Å². The molecule has 1 heterocycles. The molecule has 0 saturated carbocycles. The number of hydrogen-bond acceptors (Lipinski definition) is 5. The first-order valence-corrected chi connectivity index (χ1v) is 10.5. The van der Waals surface area contributed by atoms with E-state index in [0.29, 0.717) is 29.3 Å². The van der Waals surface area contributed by atoms with Crippen LogP contribution in [0, 0.1) is 5.82 Å². The van der Waals surface area contributed by atoms with E-state index in [2.05, 4.69) is 11.9 Å². The molecular weight excluding hydrogens is 381 g/mol. The number of benzene rings is 2. The molecule has 0 spiro atoms. The van der Waals surface area contributed by atoms with Gasteiger partial charge in [0, 0.05) is 18.0 Å². The fourth-order valence-electron chi connectivity index (χ4n) is 2.67. The molecule has 0 aliphatic rings. The lowest BCUT2D eigenvalue weighted by molar-refractivity contribution is 0.0982. The number of nitrogens with zero attached hydrogens (tertiary/aromatic N) is 3. The summed E-state index contributed by atoms with van der Waals surface area (Å²) in [6, 6.07) is 12.5. The smallest absolute Gasteiger partial charge is 0.261 e. The van der Waals surface area contributed by atoms with Crippen molar-refractivity contribution in [3.05, 3.63) is 53.8 Å². The predicted octanol–water partition coefficient (Wildman–Crippen LogP) is 4.76. The standard InChI is InChI=1S/C20H22FN3OS2/c1-4-26-16-10-6-5-8-14(16)19(25)24(13-12-23(2)3)20-22-18-15(21)9-7-11-17(18)27-20/h5-11H,4,12-13H2,1-3H3. The summed E-state index contributed by atoms with van der Waals surface area (Å²) in [4.78, 5) is 22.4. The van der Waals surface area contributed by atoms with E-state index < -0.39 is 0 Å². The second kappa shape index (κ2) is 8.82. The molecule has 0 aliphatic heterocycles. The number of fused-ring (bicyclic) bond motifs is 1. The number of carbonyl (C=O) groups excluding carboxylic acids is 1. The van der Waals surface area contributed by atoms with Gasteiger partial charge < -0.3 is 4.90 Å². The molecule has 4 nitrogen and oxygen atoms in total. The fraction of sp³-hybridized carbons (Fsp3) is 0.300. The Kier molecular flexibility index (Phi) is 6.46. The molecule has 142 valence electrons. The SMILES string of the molecule is CCSc1ccccc1C(=O)N(CCN(C)C)c1nc2c(F)cccc2s1. The Balaban J connectivity index is 2.02. The summed E-state index contributed by atoms with van der Waals surface area (Å²) >= 11 is 2.98. The summed E-state index contributed by atoms with van der Waals surface area (Å²) in [6.07, 6.45) is 0. The third kappa shape index (κ3) is 4.48. The Bertz CT molecular complexity index is 942. The average Bonchev–Trinajstić information content (AvgIpc) is 3.07. The van der Waals surface area contributed by atoms with Gasteiger partial charge in [0.2, 0.25) is 0 Å². The number of para-hydroxylation sites is 1. The van der Waals surface area contributed by atoms with Gasteiger partial charge in [-0.15, -0.1) is 11.8 Å². The first kappa shape index (κ1) is 19.8. The van der Waals surface area contributed by atoms with Crippen LogP contribution in [0.4, 0.5) is 9.52 Å². The van der Waals surface area contributed by atoms with E-state index in [1.807, 2.05) is 49.3 Å². The van der Waals surface area contributed by atoms with Crippen LogP contribution in [0.3, 0.4) is 0 Å². The van der Waals surface area contributed by atoms with Gasteiger partial charge in [-0.1, -0.05) is 36.5 Å². The number of amides is 1. The Morgan fingerprint density at radius 1 is 1.15 bits per heavy atom. The second-order valence-electron chi connectivity index (χ2n) is 6.27. The average molecular weight is 404 g/mol. The van der Waals surface area contributed by atoms with Crippen LogP contribution in [0.25, 0.3) is 10.2 Å². The van der Waals surface area contributed by atoms with E-state index in [0.717, 1.165) is 15.3 Å². The molecule has 0 aliphatic carbocycles. The molecule has 0 fully saturated rings. The molecule has 7 heteroatoms. The number of thiazole rings is 1. The minimum Gasteiger partial charge on any atom is -0.308 e. The third-order valence-electron chi connectivity index (χ3n) is 4.02. The molecule has 2 aromatic carbocycles. The zero-order valence-corrected chi connectivity index (χ0v) is 17.2. The van der Waals surface area contributed by atoms with Gasteiger partial charge in [-0.05, 0) is 44.1 Å². The molecule has 0 atom stereocenters. The van der Waals surface area contributed by atoms with Gasteiger partial charge in [0.15, 0.2) is 5.13 Å². The number of anilines is 1. The van der Waals surface area contributed by atoms with Gasteiger partial charge >= 0.3 is 0 Å². The number of carbonyl (C=O) groups is 1. The molecule has 0 unspecified atom stereocenters. The highest BCUT2D eigenvalue weighted by Gasteiger charge is 2.24. The summed E-state index contributed by atoms with van der Waals surface area (Å²) in [7, 11) is 3.92. The lowest BCUT2D eigenvalue weighted by Gasteiger charge is -2.23. The molecule has 3 aromatic rings. The van der Waals surface area contributed by atoms with E-state index in [9.17, 15) is 9.18 Å². The van der Waals surface area contributed by atoms with Crippen molar-refractivity contribution in [2.24, 2.45) is 0 Å². The highest BCUT2D eigenvalue weighted by molar-refractivity contribution is 7.99. The maximum atomic E-state index is 14.1. The molecule has 0 radical (unpaired) electrons. The van der Waals surface area contributed by atoms with E-state index in [4.69, 9.17) is 0 Å². The van der Waals surface area contributed by atoms with E-state index in [1.54, 1.807) is 22.7 Å². The van der Waals surface area contributed by atoms with Crippen LogP contribution < -0.4 is 4.90 Å². The number of hydrogen-bond donors (Lipinski definition) is 0. The Labute approximate surface area is 167 Å². The monoisotopic (exact) mass is 403 g/mol. The van der Waals surface area contributed by atoms with Gasteiger partial charge in [-0.25, -0.2) is 9.37 Å². The van der Waals surface area contributed by atoms with Crippen molar-refractivity contribution in [1.29, 1.82) is 0 Å². The zero-order chi connectivity index (χ0) is 19.4. The minimum atomic E-state index is -0.364. The fourth-order valence-corrected chi connectivity index (χ4v) is 4.47. The van der Waals surface area contributed by atoms with Crippen LogP contribution in [0.15, 0.2) is 47.4 Å². The molecule has 3 rings (SSSR count). The normalized spacial score (nSPS) is 11.3. The first-order chi connectivity index (χ1) is 13.0. The molecule has 1 aromatic heterocycles. The summed E-state index contributed by atoms with van der Waals surface area (Å²) in [6.45, 7) is 3.23. The lowest BCUT2D eigenvalue weighted by Crippen LogP contribution is -2.37. The van der Waals surface area contributed by atoms with Gasteiger partial charge in [0.25, 0.3) is 5.91 Å². The van der Waals surface area contributed by atoms with E-state index in [1.165, 1.54) is 17.4 Å². The minimum absolute atomic E-state index is 0.104. The predicted molar refractivity (Wildman–Crippen MR) is 113 cm³/mol. The quantitative estimate of drug-likeness (QED) is 0.533. The van der Waals surface area contributed by atoms with Gasteiger partial charge in [-0.2, -0.15) is 0 Å². The van der Waals surface area contributed by atoms with Gasteiger partial charge in [0.1, 0.15) is 11.3 Å². The van der Waals surface area contributed by atoms with Crippen LogP contribution in [0.1, 0.15) is 17.3 Å². The lowest BCUT2D eigenvalue weighted by atomic mass is 10.2. The zero-order valence-electron chi connectivity index (χ0n) is 15.6. The summed E-state index contributed by atoms with van der Waals surface area (Å²) in [5.74, 6) is 0.416. The van der Waals surface area contributed by atoms with Crippen LogP contribution in [-0.4, -0.2) is 48.7 Å². The topological polar surface area (TPSA) is 36.4 Å². The summed E-state index contributed by atoms with van der Waals surface area (Å²) in [5, 5.41) is 0.526. The summed E-state index contributed by atoms with van der Waals surface area (Å²) in [5.41, 5.74) is 0.971. The molecule has 0 N–H and O–H groups in total. The second-order valence-corrected chi connectivity index (χ2v) is 8.59. The highest BCUT2D eigenvalue weighted by atomic mass is 32.2. The number of likely N-dealkylation sites (N-methyl/N-ethyl adjacent to an activating group) is 1. The molecule has 1 amide bonds. The Morgan fingerprint density at radius 3 is 2.63 bits per heavy atom. The van der Waals surface area contributed by atoms with Crippen LogP contribution in [0.2, 0.25) is 0 Å². The Hall–Kier alpha value is -1.96. The van der Waals surface area contributed by atoms with Crippen molar-refractivity contribution in [2.45, 2.75) is 11.8 Å². The number of thioether (sulfide) groups is 1. The molecule has 0 bridgehead atoms. The third-order valence-corrected chi connectivity index (χ3v) is 6.02. The number of halogens is 1. The van der Waals surface area contributed by atoms with E-state index >= 15 is 0 Å². The molecule has 0 saturated heterocycles. The van der Waals surface area contributed by atoms with Gasteiger partial charge in [-0.3, -0.25) is 9.69 Å². The number of aromatic nitrogens is 1. The molecular formula is C20H22FN3OS2. The van der Waals surface area contributed by atoms with Crippen LogP contribution in [-0.2, 0) is 0 Å². The van der Waals surface area contributed by atoms with Crippen molar-refractivity contribution in [3.63, 3.8) is 0 Å². The summed E-state index contributed by atoms with van der Waals surface area (Å²) < 4.78 is 14.8. The Morgan fingerprint density at radius 2 is 1.93 bits per heavy atom.